The second-order valence-corrected chi connectivity index (χ2v) is 6.26. The molecule has 0 amide bonds. The number of ether oxygens (including phenoxy) is 1. The molecule has 1 aliphatic rings. The van der Waals surface area contributed by atoms with Crippen molar-refractivity contribution in [2.75, 3.05) is 20.7 Å². The van der Waals surface area contributed by atoms with Crippen molar-refractivity contribution in [2.24, 2.45) is 5.73 Å². The van der Waals surface area contributed by atoms with Crippen molar-refractivity contribution in [3.63, 3.8) is 0 Å². The molecule has 0 aliphatic heterocycles. The Hall–Kier alpha value is -1.06. The minimum atomic E-state index is 0.0897. The van der Waals surface area contributed by atoms with Crippen LogP contribution in [0.25, 0.3) is 0 Å². The molecule has 2 rings (SSSR count). The first-order chi connectivity index (χ1) is 9.61. The Kier molecular flexibility index (Phi) is 5.44. The smallest absolute Gasteiger partial charge is 0.118 e. The van der Waals surface area contributed by atoms with Crippen molar-refractivity contribution < 1.29 is 4.74 Å². The Morgan fingerprint density at radius 2 is 1.80 bits per heavy atom. The van der Waals surface area contributed by atoms with Gasteiger partial charge in [-0.2, -0.15) is 0 Å². The van der Waals surface area contributed by atoms with Gasteiger partial charge < -0.3 is 15.4 Å². The van der Waals surface area contributed by atoms with Crippen molar-refractivity contribution in [3.05, 3.63) is 29.8 Å². The lowest BCUT2D eigenvalue weighted by Crippen LogP contribution is -2.44. The molecule has 1 saturated carbocycles. The molecule has 2 N–H and O–H groups in total. The van der Waals surface area contributed by atoms with Gasteiger partial charge >= 0.3 is 0 Å². The van der Waals surface area contributed by atoms with Crippen LogP contribution in [-0.4, -0.2) is 31.1 Å². The molecular formula is C17H28N2O. The number of hydrogen-bond acceptors (Lipinski definition) is 3. The summed E-state index contributed by atoms with van der Waals surface area (Å²) in [5.41, 5.74) is 7.91. The molecule has 0 bridgehead atoms. The standard InChI is InChI=1S/C17H28N2O/c1-19(13-12-17(18)10-4-3-5-11-17)14-15-6-8-16(20-2)9-7-15/h6-9H,3-5,10-14,18H2,1-2H3. The molecule has 3 heteroatoms. The second kappa shape index (κ2) is 7.09. The molecule has 1 fully saturated rings. The van der Waals surface area contributed by atoms with Crippen LogP contribution in [0, 0.1) is 0 Å². The zero-order chi connectivity index (χ0) is 14.4. The van der Waals surface area contributed by atoms with E-state index in [0.717, 1.165) is 25.3 Å². The number of benzene rings is 1. The Bertz CT molecular complexity index is 396. The van der Waals surface area contributed by atoms with Crippen molar-refractivity contribution in [2.45, 2.75) is 50.6 Å². The molecule has 0 spiro atoms. The van der Waals surface area contributed by atoms with E-state index in [1.54, 1.807) is 7.11 Å². The third-order valence-corrected chi connectivity index (χ3v) is 4.45. The monoisotopic (exact) mass is 276 g/mol. The number of methoxy groups -OCH3 is 1. The van der Waals surface area contributed by atoms with Gasteiger partial charge in [-0.15, -0.1) is 0 Å². The molecular weight excluding hydrogens is 248 g/mol. The van der Waals surface area contributed by atoms with Crippen LogP contribution in [0.1, 0.15) is 44.1 Å². The first-order valence-electron chi connectivity index (χ1n) is 7.72. The lowest BCUT2D eigenvalue weighted by Gasteiger charge is -2.34. The van der Waals surface area contributed by atoms with Gasteiger partial charge in [0.15, 0.2) is 0 Å². The highest BCUT2D eigenvalue weighted by Crippen LogP contribution is 2.28. The topological polar surface area (TPSA) is 38.5 Å². The van der Waals surface area contributed by atoms with Crippen LogP contribution in [0.3, 0.4) is 0 Å². The first-order valence-corrected chi connectivity index (χ1v) is 7.72. The van der Waals surface area contributed by atoms with E-state index in [1.165, 1.54) is 37.7 Å². The predicted octanol–water partition coefficient (Wildman–Crippen LogP) is 3.18. The minimum absolute atomic E-state index is 0.0897. The zero-order valence-electron chi connectivity index (χ0n) is 12.9. The van der Waals surface area contributed by atoms with E-state index < -0.39 is 0 Å². The van der Waals surface area contributed by atoms with E-state index in [1.807, 2.05) is 12.1 Å². The molecule has 0 aromatic heterocycles. The van der Waals surface area contributed by atoms with Crippen molar-refractivity contribution in [1.82, 2.24) is 4.90 Å². The average Bonchev–Trinajstić information content (AvgIpc) is 2.47. The maximum Gasteiger partial charge on any atom is 0.118 e. The number of nitrogens with two attached hydrogens (primary N) is 1. The fourth-order valence-electron chi connectivity index (χ4n) is 3.04. The fraction of sp³-hybridized carbons (Fsp3) is 0.647. The van der Waals surface area contributed by atoms with Gasteiger partial charge in [-0.25, -0.2) is 0 Å². The van der Waals surface area contributed by atoms with Crippen LogP contribution >= 0.6 is 0 Å². The van der Waals surface area contributed by atoms with Crippen molar-refractivity contribution in [1.29, 1.82) is 0 Å². The van der Waals surface area contributed by atoms with Crippen molar-refractivity contribution >= 4 is 0 Å². The maximum absolute atomic E-state index is 6.50. The largest absolute Gasteiger partial charge is 0.497 e. The lowest BCUT2D eigenvalue weighted by atomic mass is 9.80. The first kappa shape index (κ1) is 15.3. The van der Waals surface area contributed by atoms with E-state index in [4.69, 9.17) is 10.5 Å². The van der Waals surface area contributed by atoms with Gasteiger partial charge in [0.25, 0.3) is 0 Å². The maximum atomic E-state index is 6.50. The molecule has 20 heavy (non-hydrogen) atoms. The second-order valence-electron chi connectivity index (χ2n) is 6.26. The molecule has 1 aromatic carbocycles. The van der Waals surface area contributed by atoms with Crippen molar-refractivity contribution in [3.8, 4) is 5.75 Å². The third-order valence-electron chi connectivity index (χ3n) is 4.45. The fourth-order valence-corrected chi connectivity index (χ4v) is 3.04. The quantitative estimate of drug-likeness (QED) is 0.867. The van der Waals surface area contributed by atoms with Crippen LogP contribution in [0.2, 0.25) is 0 Å². The normalized spacial score (nSPS) is 18.2. The van der Waals surface area contributed by atoms with E-state index >= 15 is 0 Å². The number of nitrogens with zero attached hydrogens (tertiary/aromatic N) is 1. The highest BCUT2D eigenvalue weighted by atomic mass is 16.5. The summed E-state index contributed by atoms with van der Waals surface area (Å²) >= 11 is 0. The molecule has 0 radical (unpaired) electrons. The summed E-state index contributed by atoms with van der Waals surface area (Å²) in [5, 5.41) is 0. The van der Waals surface area contributed by atoms with Crippen LogP contribution < -0.4 is 10.5 Å². The molecule has 3 nitrogen and oxygen atoms in total. The predicted molar refractivity (Wildman–Crippen MR) is 83.9 cm³/mol. The molecule has 0 unspecified atom stereocenters. The summed E-state index contributed by atoms with van der Waals surface area (Å²) in [4.78, 5) is 2.37. The molecule has 1 aromatic rings. The Morgan fingerprint density at radius 3 is 2.40 bits per heavy atom. The Morgan fingerprint density at radius 1 is 1.15 bits per heavy atom. The van der Waals surface area contributed by atoms with E-state index in [9.17, 15) is 0 Å². The zero-order valence-corrected chi connectivity index (χ0v) is 12.9. The highest BCUT2D eigenvalue weighted by molar-refractivity contribution is 5.27. The minimum Gasteiger partial charge on any atom is -0.497 e. The SMILES string of the molecule is COc1ccc(CN(C)CCC2(N)CCCCC2)cc1. The third kappa shape index (κ3) is 4.50. The average molecular weight is 276 g/mol. The Balaban J connectivity index is 1.78. The summed E-state index contributed by atoms with van der Waals surface area (Å²) in [6.07, 6.45) is 7.48. The van der Waals surface area contributed by atoms with Crippen LogP contribution in [-0.2, 0) is 6.54 Å². The summed E-state index contributed by atoms with van der Waals surface area (Å²) in [6.45, 7) is 2.04. The summed E-state index contributed by atoms with van der Waals surface area (Å²) < 4.78 is 5.18. The summed E-state index contributed by atoms with van der Waals surface area (Å²) in [6, 6.07) is 8.31. The highest BCUT2D eigenvalue weighted by Gasteiger charge is 2.27. The van der Waals surface area contributed by atoms with Gasteiger partial charge in [0, 0.05) is 12.1 Å². The van der Waals surface area contributed by atoms with Gasteiger partial charge in [0.05, 0.1) is 7.11 Å². The van der Waals surface area contributed by atoms with Crippen LogP contribution in [0.4, 0.5) is 0 Å². The van der Waals surface area contributed by atoms with Gasteiger partial charge in [-0.05, 0) is 50.6 Å². The van der Waals surface area contributed by atoms with Gasteiger partial charge in [0.2, 0.25) is 0 Å². The van der Waals surface area contributed by atoms with Gasteiger partial charge in [0.1, 0.15) is 5.75 Å². The molecule has 112 valence electrons. The van der Waals surface area contributed by atoms with Crippen LogP contribution in [0.15, 0.2) is 24.3 Å². The number of hydrogen-bond donors (Lipinski definition) is 1. The summed E-state index contributed by atoms with van der Waals surface area (Å²) in [7, 11) is 3.88. The summed E-state index contributed by atoms with van der Waals surface area (Å²) in [5.74, 6) is 0.916. The van der Waals surface area contributed by atoms with Gasteiger partial charge in [-0.3, -0.25) is 0 Å². The number of rotatable bonds is 6. The molecule has 1 aliphatic carbocycles. The Labute approximate surface area is 123 Å². The van der Waals surface area contributed by atoms with E-state index in [0.29, 0.717) is 0 Å². The molecule has 0 heterocycles. The van der Waals surface area contributed by atoms with Crippen LogP contribution in [0.5, 0.6) is 5.75 Å². The lowest BCUT2D eigenvalue weighted by molar-refractivity contribution is 0.226. The van der Waals surface area contributed by atoms with E-state index in [-0.39, 0.29) is 5.54 Å². The molecule has 0 saturated heterocycles. The van der Waals surface area contributed by atoms with E-state index in [2.05, 4.69) is 24.1 Å². The van der Waals surface area contributed by atoms with Gasteiger partial charge in [-0.1, -0.05) is 31.4 Å². The molecule has 0 atom stereocenters.